The van der Waals surface area contributed by atoms with Gasteiger partial charge in [-0.25, -0.2) is 0 Å². The fourth-order valence-corrected chi connectivity index (χ4v) is 2.64. The maximum Gasteiger partial charge on any atom is 0.0492 e. The summed E-state index contributed by atoms with van der Waals surface area (Å²) in [5.74, 6) is 0. The van der Waals surface area contributed by atoms with E-state index in [2.05, 4.69) is 78.3 Å². The Morgan fingerprint density at radius 1 is 0.850 bits per heavy atom. The van der Waals surface area contributed by atoms with Crippen molar-refractivity contribution in [1.29, 1.82) is 0 Å². The molecule has 0 radical (unpaired) electrons. The smallest absolute Gasteiger partial charge is 0.0492 e. The van der Waals surface area contributed by atoms with Crippen molar-refractivity contribution < 1.29 is 0 Å². The Hall–Kier alpha value is -2.35. The highest BCUT2D eigenvalue weighted by Gasteiger charge is 2.15. The number of pyridine rings is 1. The van der Waals surface area contributed by atoms with Crippen LogP contribution < -0.4 is 4.90 Å². The van der Waals surface area contributed by atoms with Gasteiger partial charge in [-0.05, 0) is 37.4 Å². The molecule has 0 amide bonds. The van der Waals surface area contributed by atoms with Crippen molar-refractivity contribution in [2.45, 2.75) is 19.9 Å². The Labute approximate surface area is 119 Å². The van der Waals surface area contributed by atoms with Gasteiger partial charge in [-0.1, -0.05) is 36.4 Å². The Kier molecular flexibility index (Phi) is 3.38. The molecular weight excluding hydrogens is 244 g/mol. The summed E-state index contributed by atoms with van der Waals surface area (Å²) in [7, 11) is 0. The summed E-state index contributed by atoms with van der Waals surface area (Å²) < 4.78 is 0. The molecule has 0 bridgehead atoms. The molecular formula is C18H18N2. The van der Waals surface area contributed by atoms with Gasteiger partial charge in [0.15, 0.2) is 0 Å². The number of anilines is 2. The Balaban J connectivity index is 2.21. The summed E-state index contributed by atoms with van der Waals surface area (Å²) in [6, 6.07) is 19.5. The first-order chi connectivity index (χ1) is 9.77. The lowest BCUT2D eigenvalue weighted by Crippen LogP contribution is -2.25. The molecule has 0 N–H and O–H groups in total. The van der Waals surface area contributed by atoms with Gasteiger partial charge in [0.25, 0.3) is 0 Å². The van der Waals surface area contributed by atoms with E-state index in [9.17, 15) is 0 Å². The second-order valence-corrected chi connectivity index (χ2v) is 5.17. The summed E-state index contributed by atoms with van der Waals surface area (Å²) in [4.78, 5) is 6.47. The number of nitrogens with zero attached hydrogens (tertiary/aromatic N) is 2. The molecule has 1 aromatic heterocycles. The van der Waals surface area contributed by atoms with Crippen molar-refractivity contribution in [1.82, 2.24) is 4.98 Å². The molecule has 1 heterocycles. The van der Waals surface area contributed by atoms with Crippen LogP contribution in [0.2, 0.25) is 0 Å². The lowest BCUT2D eigenvalue weighted by molar-refractivity contribution is 0.790. The SMILES string of the molecule is CC(C)N(c1ccncc1)c1cccc2ccccc12. The van der Waals surface area contributed by atoms with Gasteiger partial charge >= 0.3 is 0 Å². The molecule has 0 aliphatic carbocycles. The van der Waals surface area contributed by atoms with E-state index in [4.69, 9.17) is 0 Å². The second-order valence-electron chi connectivity index (χ2n) is 5.17. The standard InChI is InChI=1S/C18H18N2/c1-14(2)20(16-10-12-19-13-11-16)18-9-5-7-15-6-3-4-8-17(15)18/h3-14H,1-2H3. The lowest BCUT2D eigenvalue weighted by atomic mass is 10.1. The van der Waals surface area contributed by atoms with Crippen molar-refractivity contribution in [3.05, 3.63) is 67.0 Å². The summed E-state index contributed by atoms with van der Waals surface area (Å²) in [6.45, 7) is 4.42. The van der Waals surface area contributed by atoms with Crippen LogP contribution in [0.15, 0.2) is 67.0 Å². The summed E-state index contributed by atoms with van der Waals surface area (Å²) in [5, 5.41) is 2.55. The fraction of sp³-hybridized carbons (Fsp3) is 0.167. The molecule has 0 saturated carbocycles. The molecule has 2 aromatic carbocycles. The number of rotatable bonds is 3. The van der Waals surface area contributed by atoms with Crippen molar-refractivity contribution in [2.75, 3.05) is 4.90 Å². The van der Waals surface area contributed by atoms with Crippen molar-refractivity contribution in [3.8, 4) is 0 Å². The van der Waals surface area contributed by atoms with E-state index in [1.54, 1.807) is 0 Å². The average Bonchev–Trinajstić information content (AvgIpc) is 2.48. The second kappa shape index (κ2) is 5.33. The van der Waals surface area contributed by atoms with E-state index in [0.29, 0.717) is 6.04 Å². The molecule has 3 rings (SSSR count). The van der Waals surface area contributed by atoms with Crippen LogP contribution in [0.5, 0.6) is 0 Å². The van der Waals surface area contributed by atoms with E-state index >= 15 is 0 Å². The molecule has 3 aromatic rings. The third kappa shape index (κ3) is 2.25. The Morgan fingerprint density at radius 3 is 2.30 bits per heavy atom. The molecule has 0 aliphatic heterocycles. The van der Waals surface area contributed by atoms with Crippen LogP contribution in [0.3, 0.4) is 0 Å². The topological polar surface area (TPSA) is 16.1 Å². The van der Waals surface area contributed by atoms with E-state index in [0.717, 1.165) is 0 Å². The first kappa shape index (κ1) is 12.7. The highest BCUT2D eigenvalue weighted by Crippen LogP contribution is 2.33. The minimum Gasteiger partial charge on any atom is -0.338 e. The van der Waals surface area contributed by atoms with Gasteiger partial charge < -0.3 is 4.90 Å². The largest absolute Gasteiger partial charge is 0.338 e. The van der Waals surface area contributed by atoms with Crippen LogP contribution in [-0.2, 0) is 0 Å². The monoisotopic (exact) mass is 262 g/mol. The Morgan fingerprint density at radius 2 is 1.55 bits per heavy atom. The molecule has 0 spiro atoms. The van der Waals surface area contributed by atoms with Gasteiger partial charge in [-0.15, -0.1) is 0 Å². The molecule has 100 valence electrons. The first-order valence-electron chi connectivity index (χ1n) is 6.94. The average molecular weight is 262 g/mol. The Bertz CT molecular complexity index is 699. The highest BCUT2D eigenvalue weighted by atomic mass is 15.2. The van der Waals surface area contributed by atoms with Crippen molar-refractivity contribution in [3.63, 3.8) is 0 Å². The molecule has 0 aliphatic rings. The fourth-order valence-electron chi connectivity index (χ4n) is 2.64. The van der Waals surface area contributed by atoms with Crippen molar-refractivity contribution in [2.24, 2.45) is 0 Å². The molecule has 20 heavy (non-hydrogen) atoms. The van der Waals surface area contributed by atoms with Gasteiger partial charge in [0.2, 0.25) is 0 Å². The summed E-state index contributed by atoms with van der Waals surface area (Å²) in [6.07, 6.45) is 3.69. The van der Waals surface area contributed by atoms with Crippen LogP contribution in [0.25, 0.3) is 10.8 Å². The maximum absolute atomic E-state index is 4.12. The zero-order valence-electron chi connectivity index (χ0n) is 11.8. The number of aromatic nitrogens is 1. The van der Waals surface area contributed by atoms with Gasteiger partial charge in [0.1, 0.15) is 0 Å². The number of hydrogen-bond donors (Lipinski definition) is 0. The van der Waals surface area contributed by atoms with Crippen LogP contribution in [-0.4, -0.2) is 11.0 Å². The molecule has 2 nitrogen and oxygen atoms in total. The zero-order chi connectivity index (χ0) is 13.9. The molecule has 2 heteroatoms. The number of benzene rings is 2. The molecule has 0 fully saturated rings. The van der Waals surface area contributed by atoms with Crippen LogP contribution in [0.1, 0.15) is 13.8 Å². The third-order valence-corrected chi connectivity index (χ3v) is 3.48. The number of fused-ring (bicyclic) bond motifs is 1. The van der Waals surface area contributed by atoms with E-state index in [1.807, 2.05) is 12.4 Å². The normalized spacial score (nSPS) is 10.9. The third-order valence-electron chi connectivity index (χ3n) is 3.48. The number of hydrogen-bond acceptors (Lipinski definition) is 2. The molecule has 0 atom stereocenters. The minimum absolute atomic E-state index is 0.378. The van der Waals surface area contributed by atoms with Gasteiger partial charge in [-0.2, -0.15) is 0 Å². The van der Waals surface area contributed by atoms with Gasteiger partial charge in [0.05, 0.1) is 0 Å². The van der Waals surface area contributed by atoms with Crippen molar-refractivity contribution >= 4 is 22.1 Å². The van der Waals surface area contributed by atoms with E-state index in [-0.39, 0.29) is 0 Å². The maximum atomic E-state index is 4.12. The van der Waals surface area contributed by atoms with E-state index in [1.165, 1.54) is 22.1 Å². The van der Waals surface area contributed by atoms with Crippen LogP contribution >= 0.6 is 0 Å². The van der Waals surface area contributed by atoms with Gasteiger partial charge in [-0.3, -0.25) is 4.98 Å². The quantitative estimate of drug-likeness (QED) is 0.675. The molecule has 0 unspecified atom stereocenters. The highest BCUT2D eigenvalue weighted by molar-refractivity contribution is 5.96. The summed E-state index contributed by atoms with van der Waals surface area (Å²) in [5.41, 5.74) is 2.41. The zero-order valence-corrected chi connectivity index (χ0v) is 11.8. The van der Waals surface area contributed by atoms with Crippen LogP contribution in [0, 0.1) is 0 Å². The van der Waals surface area contributed by atoms with Crippen LogP contribution in [0.4, 0.5) is 11.4 Å². The molecule has 0 saturated heterocycles. The van der Waals surface area contributed by atoms with Gasteiger partial charge in [0, 0.05) is 35.2 Å². The predicted molar refractivity (Wildman–Crippen MR) is 85.5 cm³/mol. The summed E-state index contributed by atoms with van der Waals surface area (Å²) >= 11 is 0. The minimum atomic E-state index is 0.378. The van der Waals surface area contributed by atoms with E-state index < -0.39 is 0 Å². The lowest BCUT2D eigenvalue weighted by Gasteiger charge is -2.30. The first-order valence-corrected chi connectivity index (χ1v) is 6.94. The predicted octanol–water partition coefficient (Wildman–Crippen LogP) is 4.78.